The minimum Gasteiger partial charge on any atom is -0.395 e. The standard InChI is InChI=1S/C15H23BrN2O4S/c1-4-5-8-18(9-10-19)15(20)12-6-7-13(16)14(11-12)23(21,22)17(2)3/h6-7,11,19H,4-5,8-10H2,1-3H3. The van der Waals surface area contributed by atoms with Crippen LogP contribution in [0.5, 0.6) is 0 Å². The predicted molar refractivity (Wildman–Crippen MR) is 92.9 cm³/mol. The normalized spacial score (nSPS) is 11.7. The van der Waals surface area contributed by atoms with Gasteiger partial charge in [-0.1, -0.05) is 13.3 Å². The van der Waals surface area contributed by atoms with Crippen LogP contribution in [0.15, 0.2) is 27.6 Å². The van der Waals surface area contributed by atoms with Gasteiger partial charge in [-0.2, -0.15) is 0 Å². The van der Waals surface area contributed by atoms with E-state index in [1.807, 2.05) is 6.92 Å². The van der Waals surface area contributed by atoms with E-state index in [1.165, 1.54) is 20.2 Å². The minimum atomic E-state index is -3.65. The number of unbranched alkanes of at least 4 members (excludes halogenated alkanes) is 1. The highest BCUT2D eigenvalue weighted by molar-refractivity contribution is 9.10. The number of sulfonamides is 1. The third kappa shape index (κ3) is 5.00. The molecule has 0 radical (unpaired) electrons. The summed E-state index contributed by atoms with van der Waals surface area (Å²) < 4.78 is 26.2. The van der Waals surface area contributed by atoms with Crippen molar-refractivity contribution in [3.05, 3.63) is 28.2 Å². The average molecular weight is 407 g/mol. The molecule has 0 bridgehead atoms. The summed E-state index contributed by atoms with van der Waals surface area (Å²) in [6.45, 7) is 2.64. The summed E-state index contributed by atoms with van der Waals surface area (Å²) in [5.41, 5.74) is 0.290. The van der Waals surface area contributed by atoms with E-state index in [-0.39, 0.29) is 29.5 Å². The van der Waals surface area contributed by atoms with Gasteiger partial charge in [-0.15, -0.1) is 0 Å². The van der Waals surface area contributed by atoms with Crippen molar-refractivity contribution in [2.24, 2.45) is 0 Å². The number of carbonyl (C=O) groups is 1. The average Bonchev–Trinajstić information content (AvgIpc) is 2.50. The molecule has 0 aliphatic carbocycles. The van der Waals surface area contributed by atoms with Gasteiger partial charge in [0.25, 0.3) is 5.91 Å². The van der Waals surface area contributed by atoms with E-state index in [1.54, 1.807) is 17.0 Å². The van der Waals surface area contributed by atoms with Gasteiger partial charge in [0.15, 0.2) is 0 Å². The lowest BCUT2D eigenvalue weighted by atomic mass is 10.2. The van der Waals surface area contributed by atoms with E-state index in [2.05, 4.69) is 15.9 Å². The molecule has 1 N–H and O–H groups in total. The Labute approximate surface area is 146 Å². The molecule has 1 aromatic carbocycles. The molecule has 0 aliphatic rings. The van der Waals surface area contributed by atoms with Crippen molar-refractivity contribution >= 4 is 31.9 Å². The monoisotopic (exact) mass is 406 g/mol. The van der Waals surface area contributed by atoms with Crippen LogP contribution >= 0.6 is 15.9 Å². The lowest BCUT2D eigenvalue weighted by Gasteiger charge is -2.22. The molecular formula is C15H23BrN2O4S. The van der Waals surface area contributed by atoms with Gasteiger partial charge in [-0.3, -0.25) is 4.79 Å². The van der Waals surface area contributed by atoms with E-state index in [9.17, 15) is 13.2 Å². The zero-order chi connectivity index (χ0) is 17.6. The molecule has 130 valence electrons. The first-order valence-electron chi connectivity index (χ1n) is 7.37. The van der Waals surface area contributed by atoms with E-state index in [0.717, 1.165) is 17.1 Å². The highest BCUT2D eigenvalue weighted by Gasteiger charge is 2.23. The van der Waals surface area contributed by atoms with Crippen LogP contribution in [-0.2, 0) is 10.0 Å². The van der Waals surface area contributed by atoms with Crippen LogP contribution in [-0.4, -0.2) is 62.4 Å². The van der Waals surface area contributed by atoms with Crippen molar-refractivity contribution in [2.75, 3.05) is 33.8 Å². The van der Waals surface area contributed by atoms with Gasteiger partial charge < -0.3 is 10.0 Å². The number of hydrogen-bond acceptors (Lipinski definition) is 4. The summed E-state index contributed by atoms with van der Waals surface area (Å²) in [5.74, 6) is -0.282. The first-order valence-corrected chi connectivity index (χ1v) is 9.61. The second-order valence-electron chi connectivity index (χ2n) is 5.30. The quantitative estimate of drug-likeness (QED) is 0.715. The van der Waals surface area contributed by atoms with Gasteiger partial charge in [-0.25, -0.2) is 12.7 Å². The topological polar surface area (TPSA) is 77.9 Å². The third-order valence-electron chi connectivity index (χ3n) is 3.38. The van der Waals surface area contributed by atoms with Crippen LogP contribution < -0.4 is 0 Å². The maximum absolute atomic E-state index is 12.6. The Hall–Kier alpha value is -0.960. The Morgan fingerprint density at radius 1 is 1.26 bits per heavy atom. The van der Waals surface area contributed by atoms with E-state index < -0.39 is 10.0 Å². The number of amides is 1. The first kappa shape index (κ1) is 20.1. The zero-order valence-electron chi connectivity index (χ0n) is 13.6. The van der Waals surface area contributed by atoms with Crippen molar-refractivity contribution in [2.45, 2.75) is 24.7 Å². The van der Waals surface area contributed by atoms with Gasteiger partial charge in [0.05, 0.1) is 11.5 Å². The summed E-state index contributed by atoms with van der Waals surface area (Å²) in [6, 6.07) is 4.51. The molecule has 1 amide bonds. The Kier molecular flexibility index (Phi) is 7.66. The van der Waals surface area contributed by atoms with Crippen LogP contribution in [0.4, 0.5) is 0 Å². The number of benzene rings is 1. The van der Waals surface area contributed by atoms with Gasteiger partial charge in [0.2, 0.25) is 10.0 Å². The van der Waals surface area contributed by atoms with E-state index in [4.69, 9.17) is 5.11 Å². The molecule has 0 heterocycles. The number of nitrogens with zero attached hydrogens (tertiary/aromatic N) is 2. The summed E-state index contributed by atoms with van der Waals surface area (Å²) in [4.78, 5) is 14.2. The maximum atomic E-state index is 12.6. The number of halogens is 1. The van der Waals surface area contributed by atoms with E-state index in [0.29, 0.717) is 11.0 Å². The van der Waals surface area contributed by atoms with Gasteiger partial charge in [0, 0.05) is 37.2 Å². The molecule has 0 aliphatic heterocycles. The molecule has 0 aromatic heterocycles. The molecule has 0 atom stereocenters. The summed E-state index contributed by atoms with van der Waals surface area (Å²) in [5, 5.41) is 9.13. The van der Waals surface area contributed by atoms with Gasteiger partial charge in [0.1, 0.15) is 0 Å². The molecule has 23 heavy (non-hydrogen) atoms. The highest BCUT2D eigenvalue weighted by Crippen LogP contribution is 2.25. The second-order valence-corrected chi connectivity index (χ2v) is 8.28. The maximum Gasteiger partial charge on any atom is 0.253 e. The second kappa shape index (κ2) is 8.77. The zero-order valence-corrected chi connectivity index (χ0v) is 16.0. The first-order chi connectivity index (χ1) is 10.8. The Balaban J connectivity index is 3.20. The highest BCUT2D eigenvalue weighted by atomic mass is 79.9. The Morgan fingerprint density at radius 3 is 2.43 bits per heavy atom. The van der Waals surface area contributed by atoms with Crippen molar-refractivity contribution in [1.29, 1.82) is 0 Å². The van der Waals surface area contributed by atoms with Gasteiger partial charge in [-0.05, 0) is 40.5 Å². The molecule has 0 saturated carbocycles. The molecule has 0 unspecified atom stereocenters. The van der Waals surface area contributed by atoms with Crippen molar-refractivity contribution in [3.63, 3.8) is 0 Å². The number of hydrogen-bond donors (Lipinski definition) is 1. The number of aliphatic hydroxyl groups is 1. The largest absolute Gasteiger partial charge is 0.395 e. The summed E-state index contributed by atoms with van der Waals surface area (Å²) in [6.07, 6.45) is 1.75. The summed E-state index contributed by atoms with van der Waals surface area (Å²) in [7, 11) is -0.772. The molecule has 1 rings (SSSR count). The fraction of sp³-hybridized carbons (Fsp3) is 0.533. The van der Waals surface area contributed by atoms with Crippen molar-refractivity contribution < 1.29 is 18.3 Å². The SMILES string of the molecule is CCCCN(CCO)C(=O)c1ccc(Br)c(S(=O)(=O)N(C)C)c1. The Morgan fingerprint density at radius 2 is 1.91 bits per heavy atom. The molecule has 0 fully saturated rings. The Bertz CT molecular complexity index is 647. The fourth-order valence-corrected chi connectivity index (χ4v) is 3.84. The lowest BCUT2D eigenvalue weighted by molar-refractivity contribution is 0.0719. The summed E-state index contributed by atoms with van der Waals surface area (Å²) >= 11 is 3.22. The molecule has 6 nitrogen and oxygen atoms in total. The number of rotatable bonds is 8. The molecule has 1 aromatic rings. The van der Waals surface area contributed by atoms with Crippen molar-refractivity contribution in [1.82, 2.24) is 9.21 Å². The van der Waals surface area contributed by atoms with Crippen LogP contribution in [0.3, 0.4) is 0 Å². The fourth-order valence-electron chi connectivity index (χ4n) is 2.00. The molecular weight excluding hydrogens is 384 g/mol. The molecule has 0 saturated heterocycles. The van der Waals surface area contributed by atoms with Crippen molar-refractivity contribution in [3.8, 4) is 0 Å². The molecule has 8 heteroatoms. The molecule has 0 spiro atoms. The van der Waals surface area contributed by atoms with Crippen LogP contribution in [0.25, 0.3) is 0 Å². The minimum absolute atomic E-state index is 0.0489. The van der Waals surface area contributed by atoms with Crippen LogP contribution in [0, 0.1) is 0 Å². The van der Waals surface area contributed by atoms with Gasteiger partial charge >= 0.3 is 0 Å². The van der Waals surface area contributed by atoms with E-state index >= 15 is 0 Å². The van der Waals surface area contributed by atoms with Crippen LogP contribution in [0.1, 0.15) is 30.1 Å². The number of carbonyl (C=O) groups excluding carboxylic acids is 1. The van der Waals surface area contributed by atoms with Crippen LogP contribution in [0.2, 0.25) is 0 Å². The smallest absolute Gasteiger partial charge is 0.253 e. The number of aliphatic hydroxyl groups excluding tert-OH is 1. The lowest BCUT2D eigenvalue weighted by Crippen LogP contribution is -2.34. The third-order valence-corrected chi connectivity index (χ3v) is 6.18. The predicted octanol–water partition coefficient (Wildman–Crippen LogP) is 1.93.